The Hall–Kier alpha value is -3.07. The molecule has 1 heterocycles. The van der Waals surface area contributed by atoms with E-state index in [0.29, 0.717) is 29.7 Å². The van der Waals surface area contributed by atoms with E-state index < -0.39 is 17.5 Å². The molecule has 1 aliphatic rings. The van der Waals surface area contributed by atoms with Crippen LogP contribution in [0, 0.1) is 35.7 Å². The van der Waals surface area contributed by atoms with E-state index in [2.05, 4.69) is 5.32 Å². The van der Waals surface area contributed by atoms with Crippen LogP contribution in [0.3, 0.4) is 0 Å². The number of amides is 1. The van der Waals surface area contributed by atoms with E-state index in [1.165, 1.54) is 6.07 Å². The van der Waals surface area contributed by atoms with Crippen molar-refractivity contribution in [2.75, 3.05) is 6.54 Å². The second-order valence-electron chi connectivity index (χ2n) is 6.46. The predicted molar refractivity (Wildman–Crippen MR) is 96.0 cm³/mol. The summed E-state index contributed by atoms with van der Waals surface area (Å²) in [5.74, 6) is -4.31. The SMILES string of the molecule is Cc1c(/C=C2\CCCCNC2=O)cc(C#N)cc1-c1ccc(F)c(F)c1F. The van der Waals surface area contributed by atoms with Crippen molar-refractivity contribution in [3.63, 3.8) is 0 Å². The largest absolute Gasteiger partial charge is 0.352 e. The van der Waals surface area contributed by atoms with Gasteiger partial charge in [-0.15, -0.1) is 0 Å². The molecule has 0 unspecified atom stereocenters. The lowest BCUT2D eigenvalue weighted by molar-refractivity contribution is -0.117. The Morgan fingerprint density at radius 3 is 2.63 bits per heavy atom. The van der Waals surface area contributed by atoms with Crippen molar-refractivity contribution in [2.45, 2.75) is 26.2 Å². The Labute approximate surface area is 155 Å². The molecular weight excluding hydrogens is 353 g/mol. The Bertz CT molecular complexity index is 990. The third kappa shape index (κ3) is 3.72. The molecular formula is C21H17F3N2O. The molecule has 0 spiro atoms. The van der Waals surface area contributed by atoms with Crippen LogP contribution in [-0.4, -0.2) is 12.5 Å². The molecule has 2 aromatic rings. The van der Waals surface area contributed by atoms with Crippen molar-refractivity contribution in [1.29, 1.82) is 5.26 Å². The van der Waals surface area contributed by atoms with Crippen LogP contribution in [0.2, 0.25) is 0 Å². The van der Waals surface area contributed by atoms with Crippen molar-refractivity contribution in [3.05, 3.63) is 64.0 Å². The molecule has 138 valence electrons. The fourth-order valence-electron chi connectivity index (χ4n) is 3.16. The van der Waals surface area contributed by atoms with Gasteiger partial charge in [0.2, 0.25) is 5.91 Å². The van der Waals surface area contributed by atoms with Crippen molar-refractivity contribution in [1.82, 2.24) is 5.32 Å². The molecule has 3 rings (SSSR count). The summed E-state index contributed by atoms with van der Waals surface area (Å²) >= 11 is 0. The number of rotatable bonds is 2. The Morgan fingerprint density at radius 1 is 1.11 bits per heavy atom. The first kappa shape index (κ1) is 18.7. The normalized spacial score (nSPS) is 16.0. The van der Waals surface area contributed by atoms with Gasteiger partial charge in [-0.2, -0.15) is 5.26 Å². The highest BCUT2D eigenvalue weighted by atomic mass is 19.2. The molecule has 0 aromatic heterocycles. The number of nitrogens with zero attached hydrogens (tertiary/aromatic N) is 1. The molecule has 1 fully saturated rings. The summed E-state index contributed by atoms with van der Waals surface area (Å²) in [5.41, 5.74) is 2.10. The first-order chi connectivity index (χ1) is 12.9. The van der Waals surface area contributed by atoms with Crippen molar-refractivity contribution >= 4 is 12.0 Å². The van der Waals surface area contributed by atoms with E-state index in [9.17, 15) is 23.2 Å². The van der Waals surface area contributed by atoms with Crippen LogP contribution in [0.15, 0.2) is 29.8 Å². The van der Waals surface area contributed by atoms with Gasteiger partial charge in [0, 0.05) is 17.7 Å². The number of nitriles is 1. The number of hydrogen-bond acceptors (Lipinski definition) is 2. The van der Waals surface area contributed by atoms with Gasteiger partial charge in [-0.3, -0.25) is 4.79 Å². The molecule has 1 saturated heterocycles. The summed E-state index contributed by atoms with van der Waals surface area (Å²) in [7, 11) is 0. The first-order valence-corrected chi connectivity index (χ1v) is 8.59. The summed E-state index contributed by atoms with van der Waals surface area (Å²) in [6, 6.07) is 7.02. The molecule has 0 saturated carbocycles. The predicted octanol–water partition coefficient (Wildman–Crippen LogP) is 4.63. The van der Waals surface area contributed by atoms with E-state index in [-0.39, 0.29) is 22.6 Å². The number of hydrogen-bond donors (Lipinski definition) is 1. The van der Waals surface area contributed by atoms with Crippen LogP contribution in [0.5, 0.6) is 0 Å². The highest BCUT2D eigenvalue weighted by molar-refractivity contribution is 5.98. The zero-order chi connectivity index (χ0) is 19.6. The zero-order valence-corrected chi connectivity index (χ0v) is 14.7. The molecule has 1 aliphatic heterocycles. The number of carbonyl (C=O) groups excluding carboxylic acids is 1. The third-order valence-electron chi connectivity index (χ3n) is 4.68. The van der Waals surface area contributed by atoms with Gasteiger partial charge in [-0.1, -0.05) is 0 Å². The van der Waals surface area contributed by atoms with E-state index in [4.69, 9.17) is 0 Å². The van der Waals surface area contributed by atoms with Gasteiger partial charge in [0.25, 0.3) is 0 Å². The van der Waals surface area contributed by atoms with Gasteiger partial charge in [0.1, 0.15) is 0 Å². The highest BCUT2D eigenvalue weighted by Crippen LogP contribution is 2.32. The third-order valence-corrected chi connectivity index (χ3v) is 4.68. The summed E-state index contributed by atoms with van der Waals surface area (Å²) in [5, 5.41) is 12.1. The van der Waals surface area contributed by atoms with Crippen LogP contribution in [0.25, 0.3) is 17.2 Å². The smallest absolute Gasteiger partial charge is 0.247 e. The summed E-state index contributed by atoms with van der Waals surface area (Å²) in [6.07, 6.45) is 4.01. The molecule has 27 heavy (non-hydrogen) atoms. The molecule has 0 atom stereocenters. The van der Waals surface area contributed by atoms with Crippen LogP contribution in [-0.2, 0) is 4.79 Å². The Kier molecular flexibility index (Phi) is 5.31. The van der Waals surface area contributed by atoms with E-state index in [1.54, 1.807) is 19.1 Å². The first-order valence-electron chi connectivity index (χ1n) is 8.59. The van der Waals surface area contributed by atoms with Crippen LogP contribution >= 0.6 is 0 Å². The summed E-state index contributed by atoms with van der Waals surface area (Å²) in [4.78, 5) is 12.2. The number of carbonyl (C=O) groups is 1. The monoisotopic (exact) mass is 370 g/mol. The highest BCUT2D eigenvalue weighted by Gasteiger charge is 2.19. The number of halogens is 3. The molecule has 1 amide bonds. The summed E-state index contributed by atoms with van der Waals surface area (Å²) < 4.78 is 41.2. The topological polar surface area (TPSA) is 52.9 Å². The van der Waals surface area contributed by atoms with Gasteiger partial charge in [0.15, 0.2) is 17.5 Å². The van der Waals surface area contributed by atoms with Gasteiger partial charge in [-0.05, 0) is 73.2 Å². The van der Waals surface area contributed by atoms with Crippen molar-refractivity contribution < 1.29 is 18.0 Å². The molecule has 2 aromatic carbocycles. The maximum atomic E-state index is 14.3. The van der Waals surface area contributed by atoms with E-state index >= 15 is 0 Å². The van der Waals surface area contributed by atoms with E-state index in [0.717, 1.165) is 25.0 Å². The lowest BCUT2D eigenvalue weighted by Gasteiger charge is -2.13. The molecule has 0 aliphatic carbocycles. The van der Waals surface area contributed by atoms with Gasteiger partial charge >= 0.3 is 0 Å². The molecule has 0 radical (unpaired) electrons. The van der Waals surface area contributed by atoms with Gasteiger partial charge in [-0.25, -0.2) is 13.2 Å². The van der Waals surface area contributed by atoms with Crippen LogP contribution in [0.1, 0.15) is 36.0 Å². The molecule has 1 N–H and O–H groups in total. The number of benzene rings is 2. The lowest BCUT2D eigenvalue weighted by atomic mass is 9.92. The minimum Gasteiger partial charge on any atom is -0.352 e. The Morgan fingerprint density at radius 2 is 1.89 bits per heavy atom. The molecule has 3 nitrogen and oxygen atoms in total. The minimum absolute atomic E-state index is 0.131. The fourth-order valence-corrected chi connectivity index (χ4v) is 3.16. The van der Waals surface area contributed by atoms with Crippen molar-refractivity contribution in [3.8, 4) is 17.2 Å². The second kappa shape index (κ2) is 7.67. The zero-order valence-electron chi connectivity index (χ0n) is 14.7. The number of nitrogens with one attached hydrogen (secondary N) is 1. The van der Waals surface area contributed by atoms with E-state index in [1.807, 2.05) is 6.07 Å². The lowest BCUT2D eigenvalue weighted by Crippen LogP contribution is -2.23. The molecule has 0 bridgehead atoms. The molecule has 6 heteroatoms. The second-order valence-corrected chi connectivity index (χ2v) is 6.46. The average Bonchev–Trinajstić information content (AvgIpc) is 2.86. The van der Waals surface area contributed by atoms with Crippen molar-refractivity contribution in [2.24, 2.45) is 0 Å². The standard InChI is InChI=1S/C21H17F3N2O/c1-12-15(10-14-4-2-3-7-26-21(14)27)8-13(11-25)9-17(12)16-5-6-18(22)20(24)19(16)23/h5-6,8-10H,2-4,7H2,1H3,(H,26,27)/b14-10+. The minimum atomic E-state index is -1.56. The maximum Gasteiger partial charge on any atom is 0.247 e. The van der Waals surface area contributed by atoms with Gasteiger partial charge in [0.05, 0.1) is 11.6 Å². The van der Waals surface area contributed by atoms with Gasteiger partial charge < -0.3 is 5.32 Å². The average molecular weight is 370 g/mol. The summed E-state index contributed by atoms with van der Waals surface area (Å²) in [6.45, 7) is 2.30. The van der Waals surface area contributed by atoms with Crippen LogP contribution in [0.4, 0.5) is 13.2 Å². The fraction of sp³-hybridized carbons (Fsp3) is 0.238. The maximum absolute atomic E-state index is 14.3. The Balaban J connectivity index is 2.18. The van der Waals surface area contributed by atoms with Crippen LogP contribution < -0.4 is 5.32 Å². The quantitative estimate of drug-likeness (QED) is 0.619.